The van der Waals surface area contributed by atoms with Gasteiger partial charge in [-0.3, -0.25) is 0 Å². The number of nitrogens with zero attached hydrogens (tertiary/aromatic N) is 1. The Morgan fingerprint density at radius 3 is 2.65 bits per heavy atom. The zero-order valence-corrected chi connectivity index (χ0v) is 13.1. The minimum atomic E-state index is -0.165. The summed E-state index contributed by atoms with van der Waals surface area (Å²) in [5, 5.41) is 10.8. The molecule has 1 N–H and O–H groups in total. The molecule has 2 aromatic rings. The molecule has 2 rings (SSSR count). The molecule has 1 aromatic heterocycles. The zero-order valence-electron chi connectivity index (χ0n) is 11.6. The van der Waals surface area contributed by atoms with Crippen LogP contribution >= 0.6 is 22.9 Å². The fourth-order valence-electron chi connectivity index (χ4n) is 1.79. The number of rotatable bonds is 5. The summed E-state index contributed by atoms with van der Waals surface area (Å²) in [6.07, 6.45) is 0. The van der Waals surface area contributed by atoms with E-state index in [1.807, 2.05) is 13.8 Å². The number of halogens is 1. The number of aromatic nitrogens is 1. The van der Waals surface area contributed by atoms with Gasteiger partial charge in [-0.2, -0.15) is 0 Å². The van der Waals surface area contributed by atoms with Crippen LogP contribution in [-0.4, -0.2) is 17.2 Å². The minimum Gasteiger partial charge on any atom is -0.493 e. The third-order valence-corrected chi connectivity index (χ3v) is 4.16. The predicted molar refractivity (Wildman–Crippen MR) is 79.8 cm³/mol. The molecule has 0 amide bonds. The second-order valence-electron chi connectivity index (χ2n) is 4.29. The highest BCUT2D eigenvalue weighted by atomic mass is 35.5. The molecular weight excluding hydrogens is 298 g/mol. The van der Waals surface area contributed by atoms with Crippen LogP contribution in [0.25, 0.3) is 0 Å². The van der Waals surface area contributed by atoms with Gasteiger partial charge in [-0.25, -0.2) is 4.98 Å². The van der Waals surface area contributed by atoms with E-state index in [4.69, 9.17) is 21.1 Å². The first-order chi connectivity index (χ1) is 9.55. The number of aryl methyl sites for hydroxylation is 2. The lowest BCUT2D eigenvalue weighted by Gasteiger charge is -2.13. The van der Waals surface area contributed by atoms with Gasteiger partial charge >= 0.3 is 0 Å². The lowest BCUT2D eigenvalue weighted by atomic mass is 10.2. The standard InChI is InChI=1S/C14H16ClNO3S/c1-8-9(2)20-13(16-8)7-19-14-10(6-17)4-11(15)5-12(14)18-3/h4-5,17H,6-7H2,1-3H3. The van der Waals surface area contributed by atoms with Crippen molar-refractivity contribution in [2.24, 2.45) is 0 Å². The van der Waals surface area contributed by atoms with Crippen molar-refractivity contribution in [2.45, 2.75) is 27.1 Å². The van der Waals surface area contributed by atoms with Crippen LogP contribution in [0.15, 0.2) is 12.1 Å². The Kier molecular flexibility index (Phi) is 4.86. The molecule has 0 saturated carbocycles. The average Bonchev–Trinajstić information content (AvgIpc) is 2.75. The second-order valence-corrected chi connectivity index (χ2v) is 6.02. The van der Waals surface area contributed by atoms with Crippen LogP contribution in [0.3, 0.4) is 0 Å². The molecule has 1 aromatic carbocycles. The monoisotopic (exact) mass is 313 g/mol. The molecule has 1 heterocycles. The van der Waals surface area contributed by atoms with Gasteiger partial charge in [0.2, 0.25) is 0 Å². The largest absolute Gasteiger partial charge is 0.493 e. The third-order valence-electron chi connectivity index (χ3n) is 2.90. The lowest BCUT2D eigenvalue weighted by molar-refractivity contribution is 0.249. The molecular formula is C14H16ClNO3S. The topological polar surface area (TPSA) is 51.6 Å². The summed E-state index contributed by atoms with van der Waals surface area (Å²) in [5.74, 6) is 1.01. The molecule has 0 fully saturated rings. The molecule has 0 radical (unpaired) electrons. The van der Waals surface area contributed by atoms with Gasteiger partial charge in [0.15, 0.2) is 11.5 Å². The second kappa shape index (κ2) is 6.43. The summed E-state index contributed by atoms with van der Waals surface area (Å²) in [4.78, 5) is 5.59. The maximum atomic E-state index is 9.40. The van der Waals surface area contributed by atoms with E-state index in [9.17, 15) is 5.11 Å². The Bertz CT molecular complexity index is 568. The summed E-state index contributed by atoms with van der Waals surface area (Å²) >= 11 is 7.56. The highest BCUT2D eigenvalue weighted by Crippen LogP contribution is 2.35. The maximum absolute atomic E-state index is 9.40. The van der Waals surface area contributed by atoms with Gasteiger partial charge in [0, 0.05) is 21.5 Å². The highest BCUT2D eigenvalue weighted by molar-refractivity contribution is 7.11. The molecule has 0 unspecified atom stereocenters. The number of hydrogen-bond acceptors (Lipinski definition) is 5. The average molecular weight is 314 g/mol. The van der Waals surface area contributed by atoms with Crippen LogP contribution in [0.1, 0.15) is 21.1 Å². The molecule has 4 nitrogen and oxygen atoms in total. The molecule has 0 bridgehead atoms. The van der Waals surface area contributed by atoms with E-state index >= 15 is 0 Å². The summed E-state index contributed by atoms with van der Waals surface area (Å²) in [7, 11) is 1.54. The van der Waals surface area contributed by atoms with Gasteiger partial charge in [-0.1, -0.05) is 11.6 Å². The predicted octanol–water partition coefficient (Wildman–Crippen LogP) is 3.49. The Morgan fingerprint density at radius 1 is 1.35 bits per heavy atom. The van der Waals surface area contributed by atoms with Crippen molar-refractivity contribution in [3.63, 3.8) is 0 Å². The summed E-state index contributed by atoms with van der Waals surface area (Å²) in [6, 6.07) is 3.33. The van der Waals surface area contributed by atoms with E-state index in [1.165, 1.54) is 12.0 Å². The van der Waals surface area contributed by atoms with E-state index in [2.05, 4.69) is 4.98 Å². The van der Waals surface area contributed by atoms with Gasteiger partial charge in [-0.05, 0) is 19.9 Å². The molecule has 6 heteroatoms. The Morgan fingerprint density at radius 2 is 2.10 bits per heavy atom. The van der Waals surface area contributed by atoms with E-state index < -0.39 is 0 Å². The van der Waals surface area contributed by atoms with Crippen molar-refractivity contribution in [3.05, 3.63) is 38.3 Å². The molecule has 0 aliphatic rings. The van der Waals surface area contributed by atoms with E-state index in [0.29, 0.717) is 28.7 Å². The molecule has 0 aliphatic heterocycles. The van der Waals surface area contributed by atoms with Crippen LogP contribution in [0.4, 0.5) is 0 Å². The van der Waals surface area contributed by atoms with Crippen LogP contribution < -0.4 is 9.47 Å². The molecule has 108 valence electrons. The molecule has 0 saturated heterocycles. The summed E-state index contributed by atoms with van der Waals surface area (Å²) in [5.41, 5.74) is 1.61. The molecule has 0 atom stereocenters. The number of aliphatic hydroxyl groups is 1. The molecule has 0 aliphatic carbocycles. The Balaban J connectivity index is 2.23. The Labute approximate surface area is 126 Å². The van der Waals surface area contributed by atoms with Gasteiger partial charge in [0.25, 0.3) is 0 Å². The quantitative estimate of drug-likeness (QED) is 0.918. The molecule has 20 heavy (non-hydrogen) atoms. The van der Waals surface area contributed by atoms with E-state index in [0.717, 1.165) is 10.7 Å². The van der Waals surface area contributed by atoms with Crippen LogP contribution in [0, 0.1) is 13.8 Å². The van der Waals surface area contributed by atoms with Crippen LogP contribution in [-0.2, 0) is 13.2 Å². The maximum Gasteiger partial charge on any atom is 0.167 e. The lowest BCUT2D eigenvalue weighted by Crippen LogP contribution is -2.01. The number of ether oxygens (including phenoxy) is 2. The van der Waals surface area contributed by atoms with Crippen molar-refractivity contribution >= 4 is 22.9 Å². The van der Waals surface area contributed by atoms with Crippen molar-refractivity contribution in [2.75, 3.05) is 7.11 Å². The number of aliphatic hydroxyl groups excluding tert-OH is 1. The first-order valence-corrected chi connectivity index (χ1v) is 7.27. The highest BCUT2D eigenvalue weighted by Gasteiger charge is 2.13. The SMILES string of the molecule is COc1cc(Cl)cc(CO)c1OCc1nc(C)c(C)s1. The summed E-state index contributed by atoms with van der Waals surface area (Å²) < 4.78 is 11.0. The van der Waals surface area contributed by atoms with Crippen LogP contribution in [0.2, 0.25) is 5.02 Å². The summed E-state index contributed by atoms with van der Waals surface area (Å²) in [6.45, 7) is 4.17. The van der Waals surface area contributed by atoms with Crippen molar-refractivity contribution in [3.8, 4) is 11.5 Å². The number of thiazole rings is 1. The van der Waals surface area contributed by atoms with Crippen molar-refractivity contribution < 1.29 is 14.6 Å². The number of benzene rings is 1. The third kappa shape index (κ3) is 3.23. The normalized spacial score (nSPS) is 10.7. The van der Waals surface area contributed by atoms with Crippen LogP contribution in [0.5, 0.6) is 11.5 Å². The fourth-order valence-corrected chi connectivity index (χ4v) is 2.87. The zero-order chi connectivity index (χ0) is 14.7. The minimum absolute atomic E-state index is 0.165. The number of methoxy groups -OCH3 is 1. The van der Waals surface area contributed by atoms with E-state index in [-0.39, 0.29) is 6.61 Å². The fraction of sp³-hybridized carbons (Fsp3) is 0.357. The Hall–Kier alpha value is -1.30. The first-order valence-electron chi connectivity index (χ1n) is 6.08. The van der Waals surface area contributed by atoms with Crippen molar-refractivity contribution in [1.29, 1.82) is 0 Å². The van der Waals surface area contributed by atoms with Gasteiger partial charge < -0.3 is 14.6 Å². The van der Waals surface area contributed by atoms with E-state index in [1.54, 1.807) is 23.5 Å². The van der Waals surface area contributed by atoms with Crippen molar-refractivity contribution in [1.82, 2.24) is 4.98 Å². The van der Waals surface area contributed by atoms with Gasteiger partial charge in [0.1, 0.15) is 11.6 Å². The first kappa shape index (κ1) is 15.1. The van der Waals surface area contributed by atoms with Gasteiger partial charge in [-0.15, -0.1) is 11.3 Å². The number of hydrogen-bond donors (Lipinski definition) is 1. The molecule has 0 spiro atoms. The van der Waals surface area contributed by atoms with Gasteiger partial charge in [0.05, 0.1) is 19.4 Å². The smallest absolute Gasteiger partial charge is 0.167 e.